The summed E-state index contributed by atoms with van der Waals surface area (Å²) in [5, 5.41) is 0. The van der Waals surface area contributed by atoms with Gasteiger partial charge >= 0.3 is 0 Å². The zero-order valence-corrected chi connectivity index (χ0v) is 15.5. The molecule has 144 valence electrons. The molecule has 3 amide bonds. The van der Waals surface area contributed by atoms with Crippen LogP contribution in [0, 0.1) is 11.8 Å². The number of fused-ring (bicyclic) bond motifs is 2. The fourth-order valence-electron chi connectivity index (χ4n) is 4.25. The fourth-order valence-corrected chi connectivity index (χ4v) is 4.25. The minimum Gasteiger partial charge on any atom is -0.454 e. The van der Waals surface area contributed by atoms with Crippen LogP contribution in [0.3, 0.4) is 0 Å². The first-order chi connectivity index (χ1) is 13.0. The molecule has 0 spiro atoms. The van der Waals surface area contributed by atoms with Gasteiger partial charge in [-0.25, -0.2) is 0 Å². The van der Waals surface area contributed by atoms with Crippen LogP contribution in [-0.2, 0) is 20.9 Å². The highest BCUT2D eigenvalue weighted by Crippen LogP contribution is 2.38. The van der Waals surface area contributed by atoms with Crippen LogP contribution in [0.15, 0.2) is 18.2 Å². The normalized spacial score (nSPS) is 23.5. The number of carbonyl (C=O) groups excluding carboxylic acids is 3. The van der Waals surface area contributed by atoms with Gasteiger partial charge in [-0.05, 0) is 30.5 Å². The number of nitrogens with zero attached hydrogens (tertiary/aromatic N) is 2. The summed E-state index contributed by atoms with van der Waals surface area (Å²) in [6.45, 7) is 0.824. The van der Waals surface area contributed by atoms with E-state index in [0.717, 1.165) is 31.2 Å². The van der Waals surface area contributed by atoms with E-state index in [-0.39, 0.29) is 49.3 Å². The number of likely N-dealkylation sites (tertiary alicyclic amines) is 1. The lowest BCUT2D eigenvalue weighted by Gasteiger charge is -2.20. The topological polar surface area (TPSA) is 76.2 Å². The van der Waals surface area contributed by atoms with Crippen molar-refractivity contribution in [3.05, 3.63) is 23.8 Å². The summed E-state index contributed by atoms with van der Waals surface area (Å²) in [5.74, 6) is 0.805. The highest BCUT2D eigenvalue weighted by atomic mass is 16.7. The maximum Gasteiger partial charge on any atom is 0.233 e. The summed E-state index contributed by atoms with van der Waals surface area (Å²) >= 11 is 0. The average Bonchev–Trinajstić information content (AvgIpc) is 3.23. The lowest BCUT2D eigenvalue weighted by atomic mass is 9.81. The predicted molar refractivity (Wildman–Crippen MR) is 95.8 cm³/mol. The molecule has 2 atom stereocenters. The number of hydrogen-bond acceptors (Lipinski definition) is 5. The third kappa shape index (κ3) is 3.38. The van der Waals surface area contributed by atoms with E-state index in [2.05, 4.69) is 0 Å². The molecule has 3 aliphatic rings. The van der Waals surface area contributed by atoms with Gasteiger partial charge in [0, 0.05) is 26.6 Å². The van der Waals surface area contributed by atoms with Crippen molar-refractivity contribution in [1.29, 1.82) is 0 Å². The number of amides is 3. The second-order valence-electron chi connectivity index (χ2n) is 7.51. The van der Waals surface area contributed by atoms with E-state index >= 15 is 0 Å². The van der Waals surface area contributed by atoms with E-state index < -0.39 is 0 Å². The summed E-state index contributed by atoms with van der Waals surface area (Å²) in [4.78, 5) is 40.4. The first-order valence-corrected chi connectivity index (χ1v) is 9.52. The second-order valence-corrected chi connectivity index (χ2v) is 7.51. The smallest absolute Gasteiger partial charge is 0.233 e. The summed E-state index contributed by atoms with van der Waals surface area (Å²) in [6, 6.07) is 5.60. The third-order valence-corrected chi connectivity index (χ3v) is 5.76. The van der Waals surface area contributed by atoms with E-state index in [4.69, 9.17) is 9.47 Å². The van der Waals surface area contributed by atoms with Crippen LogP contribution in [0.1, 0.15) is 37.7 Å². The highest BCUT2D eigenvalue weighted by Gasteiger charge is 2.47. The number of rotatable bonds is 5. The molecule has 0 unspecified atom stereocenters. The molecule has 27 heavy (non-hydrogen) atoms. The maximum absolute atomic E-state index is 12.5. The van der Waals surface area contributed by atoms with Gasteiger partial charge in [-0.2, -0.15) is 0 Å². The molecular weight excluding hydrogens is 348 g/mol. The van der Waals surface area contributed by atoms with Gasteiger partial charge in [-0.3, -0.25) is 19.3 Å². The Kier molecular flexibility index (Phi) is 4.76. The van der Waals surface area contributed by atoms with Gasteiger partial charge in [0.1, 0.15) is 0 Å². The number of ether oxygens (including phenoxy) is 2. The van der Waals surface area contributed by atoms with Crippen LogP contribution in [0.5, 0.6) is 11.5 Å². The molecule has 1 aromatic rings. The van der Waals surface area contributed by atoms with Gasteiger partial charge in [0.25, 0.3) is 0 Å². The Labute approximate surface area is 158 Å². The van der Waals surface area contributed by atoms with Crippen LogP contribution in [0.2, 0.25) is 0 Å². The Morgan fingerprint density at radius 3 is 2.48 bits per heavy atom. The molecular formula is C20H24N2O5. The van der Waals surface area contributed by atoms with Crippen LogP contribution in [-0.4, -0.2) is 47.9 Å². The average molecular weight is 372 g/mol. The number of hydrogen-bond donors (Lipinski definition) is 0. The van der Waals surface area contributed by atoms with Crippen LogP contribution < -0.4 is 9.47 Å². The first kappa shape index (κ1) is 17.8. The minimum atomic E-state index is -0.160. The van der Waals surface area contributed by atoms with Crippen molar-refractivity contribution in [2.24, 2.45) is 11.8 Å². The van der Waals surface area contributed by atoms with Gasteiger partial charge in [0.05, 0.1) is 11.8 Å². The SMILES string of the molecule is CN(Cc1ccc2c(c1)OCO2)C(=O)CCN1C(=O)[C@H]2CCCC[C@H]2C1=O. The lowest BCUT2D eigenvalue weighted by Crippen LogP contribution is -2.36. The third-order valence-electron chi connectivity index (χ3n) is 5.76. The summed E-state index contributed by atoms with van der Waals surface area (Å²) < 4.78 is 10.6. The zero-order valence-electron chi connectivity index (χ0n) is 15.5. The van der Waals surface area contributed by atoms with E-state index in [1.165, 1.54) is 4.90 Å². The Hall–Kier alpha value is -2.57. The zero-order chi connectivity index (χ0) is 19.0. The van der Waals surface area contributed by atoms with Crippen molar-refractivity contribution in [3.8, 4) is 11.5 Å². The summed E-state index contributed by atoms with van der Waals surface area (Å²) in [6.07, 6.45) is 3.75. The van der Waals surface area contributed by atoms with Crippen molar-refractivity contribution in [3.63, 3.8) is 0 Å². The molecule has 0 N–H and O–H groups in total. The van der Waals surface area contributed by atoms with E-state index in [9.17, 15) is 14.4 Å². The van der Waals surface area contributed by atoms with Crippen molar-refractivity contribution >= 4 is 17.7 Å². The molecule has 0 radical (unpaired) electrons. The Bertz CT molecular complexity index is 754. The molecule has 1 saturated heterocycles. The molecule has 1 saturated carbocycles. The van der Waals surface area contributed by atoms with Gasteiger partial charge in [0.2, 0.25) is 24.5 Å². The van der Waals surface area contributed by atoms with Crippen molar-refractivity contribution < 1.29 is 23.9 Å². The van der Waals surface area contributed by atoms with Crippen LogP contribution in [0.25, 0.3) is 0 Å². The molecule has 2 aliphatic heterocycles. The van der Waals surface area contributed by atoms with Gasteiger partial charge in [-0.15, -0.1) is 0 Å². The van der Waals surface area contributed by atoms with Crippen LogP contribution >= 0.6 is 0 Å². The molecule has 1 aliphatic carbocycles. The maximum atomic E-state index is 12.5. The van der Waals surface area contributed by atoms with Crippen LogP contribution in [0.4, 0.5) is 0 Å². The second kappa shape index (κ2) is 7.21. The number of imide groups is 1. The highest BCUT2D eigenvalue weighted by molar-refractivity contribution is 6.05. The van der Waals surface area contributed by atoms with Gasteiger partial charge < -0.3 is 14.4 Å². The molecule has 2 fully saturated rings. The van der Waals surface area contributed by atoms with E-state index in [1.54, 1.807) is 11.9 Å². The monoisotopic (exact) mass is 372 g/mol. The molecule has 2 heterocycles. The molecule has 0 aromatic heterocycles. The van der Waals surface area contributed by atoms with Gasteiger partial charge in [0.15, 0.2) is 11.5 Å². The Balaban J connectivity index is 1.32. The number of carbonyl (C=O) groups is 3. The van der Waals surface area contributed by atoms with Crippen molar-refractivity contribution in [2.75, 3.05) is 20.4 Å². The first-order valence-electron chi connectivity index (χ1n) is 9.52. The van der Waals surface area contributed by atoms with Gasteiger partial charge in [-0.1, -0.05) is 18.9 Å². The fraction of sp³-hybridized carbons (Fsp3) is 0.550. The summed E-state index contributed by atoms with van der Waals surface area (Å²) in [7, 11) is 1.72. The predicted octanol–water partition coefficient (Wildman–Crippen LogP) is 1.94. The van der Waals surface area contributed by atoms with Crippen molar-refractivity contribution in [1.82, 2.24) is 9.80 Å². The lowest BCUT2D eigenvalue weighted by molar-refractivity contribution is -0.140. The minimum absolute atomic E-state index is 0.0871. The molecule has 7 nitrogen and oxygen atoms in total. The number of benzene rings is 1. The summed E-state index contributed by atoms with van der Waals surface area (Å²) in [5.41, 5.74) is 0.939. The standard InChI is InChI=1S/C20H24N2O5/c1-21(11-13-6-7-16-17(10-13)27-12-26-16)18(23)8-9-22-19(24)14-4-2-3-5-15(14)20(22)25/h6-7,10,14-15H,2-5,8-9,11-12H2,1H3/t14-,15+. The van der Waals surface area contributed by atoms with E-state index in [1.807, 2.05) is 18.2 Å². The Morgan fingerprint density at radius 1 is 1.11 bits per heavy atom. The van der Waals surface area contributed by atoms with Crippen molar-refractivity contribution in [2.45, 2.75) is 38.6 Å². The largest absolute Gasteiger partial charge is 0.454 e. The Morgan fingerprint density at radius 2 is 1.78 bits per heavy atom. The molecule has 7 heteroatoms. The molecule has 0 bridgehead atoms. The van der Waals surface area contributed by atoms with E-state index in [0.29, 0.717) is 18.0 Å². The quantitative estimate of drug-likeness (QED) is 0.739. The molecule has 4 rings (SSSR count). The molecule has 1 aromatic carbocycles.